The molecular weight excluding hydrogens is 410 g/mol. The fourth-order valence-electron chi connectivity index (χ4n) is 3.94. The second-order valence-corrected chi connectivity index (χ2v) is 7.31. The lowest BCUT2D eigenvalue weighted by molar-refractivity contribution is 0.322. The monoisotopic (exact) mass is 443 g/mol. The van der Waals surface area contributed by atoms with E-state index in [0.717, 1.165) is 49.1 Å². The van der Waals surface area contributed by atoms with Crippen LogP contribution in [0.5, 0.6) is 28.7 Å². The van der Waals surface area contributed by atoms with Gasteiger partial charge in [-0.2, -0.15) is 0 Å². The molecule has 8 nitrogen and oxygen atoms in total. The van der Waals surface area contributed by atoms with E-state index in [1.54, 1.807) is 35.5 Å². The van der Waals surface area contributed by atoms with Crippen molar-refractivity contribution in [3.63, 3.8) is 0 Å². The Morgan fingerprint density at radius 1 is 0.875 bits per heavy atom. The molecule has 1 aliphatic heterocycles. The number of benzene rings is 2. The molecule has 0 saturated heterocycles. The topological polar surface area (TPSA) is 73.8 Å². The summed E-state index contributed by atoms with van der Waals surface area (Å²) in [5, 5.41) is 3.42. The molecule has 32 heavy (non-hydrogen) atoms. The fraction of sp³-hybridized carbons (Fsp3) is 0.458. The molecule has 2 aromatic carbocycles. The third-order valence-corrected chi connectivity index (χ3v) is 5.54. The minimum Gasteiger partial charge on any atom is -0.493 e. The Morgan fingerprint density at radius 3 is 2.12 bits per heavy atom. The Morgan fingerprint density at radius 2 is 1.53 bits per heavy atom. The Kier molecular flexibility index (Phi) is 7.92. The molecule has 2 aromatic rings. The van der Waals surface area contributed by atoms with Crippen molar-refractivity contribution in [2.24, 2.45) is 4.99 Å². The van der Waals surface area contributed by atoms with Crippen molar-refractivity contribution in [3.05, 3.63) is 41.0 Å². The van der Waals surface area contributed by atoms with Crippen molar-refractivity contribution in [2.75, 3.05) is 48.6 Å². The van der Waals surface area contributed by atoms with E-state index < -0.39 is 0 Å². The van der Waals surface area contributed by atoms with Crippen LogP contribution >= 0.6 is 0 Å². The molecule has 0 amide bonds. The summed E-state index contributed by atoms with van der Waals surface area (Å²) in [7, 11) is 8.16. The molecule has 1 N–H and O–H groups in total. The first-order chi connectivity index (χ1) is 15.6. The molecular formula is C24H33N3O5. The first-order valence-electron chi connectivity index (χ1n) is 10.6. The molecule has 1 aliphatic rings. The molecule has 0 spiro atoms. The number of hydrogen-bond donors (Lipinski definition) is 1. The summed E-state index contributed by atoms with van der Waals surface area (Å²) < 4.78 is 27.4. The van der Waals surface area contributed by atoms with Crippen LogP contribution in [0.4, 0.5) is 0 Å². The van der Waals surface area contributed by atoms with E-state index in [9.17, 15) is 0 Å². The van der Waals surface area contributed by atoms with E-state index in [2.05, 4.69) is 29.3 Å². The van der Waals surface area contributed by atoms with Crippen LogP contribution in [-0.4, -0.2) is 59.5 Å². The minimum absolute atomic E-state index is 0.446. The van der Waals surface area contributed by atoms with Gasteiger partial charge in [0.15, 0.2) is 29.0 Å². The van der Waals surface area contributed by atoms with Gasteiger partial charge in [-0.3, -0.25) is 0 Å². The lowest BCUT2D eigenvalue weighted by Gasteiger charge is -2.32. The van der Waals surface area contributed by atoms with Gasteiger partial charge in [0.05, 0.1) is 42.1 Å². The zero-order valence-corrected chi connectivity index (χ0v) is 19.8. The van der Waals surface area contributed by atoms with Gasteiger partial charge < -0.3 is 33.9 Å². The van der Waals surface area contributed by atoms with Crippen LogP contribution < -0.4 is 29.0 Å². The quantitative estimate of drug-likeness (QED) is 0.496. The van der Waals surface area contributed by atoms with Crippen molar-refractivity contribution in [1.82, 2.24) is 10.2 Å². The maximum absolute atomic E-state index is 5.61. The molecule has 0 aliphatic carbocycles. The van der Waals surface area contributed by atoms with Crippen LogP contribution in [0.3, 0.4) is 0 Å². The highest BCUT2D eigenvalue weighted by Gasteiger charge is 2.22. The Balaban J connectivity index is 1.87. The number of fused-ring (bicyclic) bond motifs is 1. The Hall–Kier alpha value is -3.29. The third-order valence-electron chi connectivity index (χ3n) is 5.54. The van der Waals surface area contributed by atoms with Gasteiger partial charge in [0.2, 0.25) is 5.75 Å². The van der Waals surface area contributed by atoms with Gasteiger partial charge in [-0.1, -0.05) is 0 Å². The van der Waals surface area contributed by atoms with E-state index >= 15 is 0 Å². The summed E-state index contributed by atoms with van der Waals surface area (Å²) in [6, 6.07) is 7.96. The number of methoxy groups -OCH3 is 5. The molecule has 0 radical (unpaired) electrons. The molecule has 8 heteroatoms. The fourth-order valence-corrected chi connectivity index (χ4v) is 3.94. The van der Waals surface area contributed by atoms with Gasteiger partial charge in [-0.25, -0.2) is 4.99 Å². The van der Waals surface area contributed by atoms with Gasteiger partial charge in [0.25, 0.3) is 0 Å². The Bertz CT molecular complexity index is 961. The summed E-state index contributed by atoms with van der Waals surface area (Å²) in [6.07, 6.45) is 0.903. The largest absolute Gasteiger partial charge is 0.493 e. The average molecular weight is 444 g/mol. The van der Waals surface area contributed by atoms with E-state index in [-0.39, 0.29) is 0 Å². The summed E-state index contributed by atoms with van der Waals surface area (Å²) in [5.74, 6) is 4.18. The first-order valence-corrected chi connectivity index (χ1v) is 10.6. The van der Waals surface area contributed by atoms with Crippen molar-refractivity contribution < 1.29 is 23.7 Å². The van der Waals surface area contributed by atoms with Crippen LogP contribution in [0, 0.1) is 0 Å². The normalized spacial score (nSPS) is 13.3. The van der Waals surface area contributed by atoms with Crippen LogP contribution in [0.2, 0.25) is 0 Å². The van der Waals surface area contributed by atoms with Crippen LogP contribution in [-0.2, 0) is 19.5 Å². The highest BCUT2D eigenvalue weighted by Crippen LogP contribution is 2.40. The van der Waals surface area contributed by atoms with Gasteiger partial charge in [0.1, 0.15) is 0 Å². The third kappa shape index (κ3) is 4.79. The van der Waals surface area contributed by atoms with Crippen LogP contribution in [0.15, 0.2) is 29.3 Å². The van der Waals surface area contributed by atoms with Crippen molar-refractivity contribution in [1.29, 1.82) is 0 Å². The van der Waals surface area contributed by atoms with Crippen LogP contribution in [0.25, 0.3) is 0 Å². The van der Waals surface area contributed by atoms with E-state index in [1.807, 2.05) is 12.1 Å². The Labute approximate surface area is 190 Å². The van der Waals surface area contributed by atoms with Crippen LogP contribution in [0.1, 0.15) is 23.6 Å². The highest BCUT2D eigenvalue weighted by molar-refractivity contribution is 5.80. The molecule has 0 saturated carbocycles. The van der Waals surface area contributed by atoms with Gasteiger partial charge in [-0.15, -0.1) is 0 Å². The average Bonchev–Trinajstić information content (AvgIpc) is 2.84. The van der Waals surface area contributed by atoms with Crippen molar-refractivity contribution >= 4 is 5.96 Å². The number of nitrogens with one attached hydrogen (secondary N) is 1. The second-order valence-electron chi connectivity index (χ2n) is 7.31. The van der Waals surface area contributed by atoms with Crippen molar-refractivity contribution in [2.45, 2.75) is 26.4 Å². The summed E-state index contributed by atoms with van der Waals surface area (Å²) in [6.45, 7) is 4.89. The lowest BCUT2D eigenvalue weighted by atomic mass is 9.99. The molecule has 1 heterocycles. The molecule has 0 aromatic heterocycles. The van der Waals surface area contributed by atoms with E-state index in [4.69, 9.17) is 28.7 Å². The molecule has 0 bridgehead atoms. The molecule has 174 valence electrons. The number of ether oxygens (including phenoxy) is 5. The maximum atomic E-state index is 5.61. The van der Waals surface area contributed by atoms with Gasteiger partial charge >= 0.3 is 0 Å². The number of guanidine groups is 1. The summed E-state index contributed by atoms with van der Waals surface area (Å²) in [4.78, 5) is 7.15. The predicted octanol–water partition coefficient (Wildman–Crippen LogP) is 3.25. The SMILES string of the molecule is CCNC(=NCc1ccc(OC)c(OC)c1OC)N1CCc2cc(OC)c(OC)cc2C1. The van der Waals surface area contributed by atoms with E-state index in [0.29, 0.717) is 23.8 Å². The molecule has 0 fully saturated rings. The van der Waals surface area contributed by atoms with Gasteiger partial charge in [0, 0.05) is 25.2 Å². The first kappa shape index (κ1) is 23.4. The second kappa shape index (κ2) is 10.8. The van der Waals surface area contributed by atoms with Gasteiger partial charge in [-0.05, 0) is 48.7 Å². The molecule has 0 unspecified atom stereocenters. The highest BCUT2D eigenvalue weighted by atomic mass is 16.5. The maximum Gasteiger partial charge on any atom is 0.203 e. The number of nitrogens with zero attached hydrogens (tertiary/aromatic N) is 2. The standard InChI is InChI=1S/C24H33N3O5/c1-7-25-24(26-14-17-8-9-19(28-2)23(32-6)22(17)31-5)27-11-10-16-12-20(29-3)21(30-4)13-18(16)15-27/h8-9,12-13H,7,10-11,14-15H2,1-6H3,(H,25,26). The summed E-state index contributed by atoms with van der Waals surface area (Å²) >= 11 is 0. The smallest absolute Gasteiger partial charge is 0.203 e. The number of aliphatic imine (C=N–C) groups is 1. The summed E-state index contributed by atoms with van der Waals surface area (Å²) in [5.41, 5.74) is 3.41. The zero-order valence-electron chi connectivity index (χ0n) is 19.8. The number of hydrogen-bond acceptors (Lipinski definition) is 6. The minimum atomic E-state index is 0.446. The zero-order chi connectivity index (χ0) is 23.1. The molecule has 3 rings (SSSR count). The van der Waals surface area contributed by atoms with E-state index in [1.165, 1.54) is 11.1 Å². The lowest BCUT2D eigenvalue weighted by Crippen LogP contribution is -2.44. The van der Waals surface area contributed by atoms with Crippen molar-refractivity contribution in [3.8, 4) is 28.7 Å². The molecule has 0 atom stereocenters. The predicted molar refractivity (Wildman–Crippen MR) is 125 cm³/mol. The number of rotatable bonds is 8.